The van der Waals surface area contributed by atoms with Gasteiger partial charge in [-0.3, -0.25) is 0 Å². The van der Waals surface area contributed by atoms with Gasteiger partial charge in [0.25, 0.3) is 0 Å². The molecule has 2 N–H and O–H groups in total. The molecule has 0 radical (unpaired) electrons. The smallest absolute Gasteiger partial charge is 0.0964 e. The summed E-state index contributed by atoms with van der Waals surface area (Å²) in [5.74, 6) is 0. The third kappa shape index (κ3) is 3.51. The highest BCUT2D eigenvalue weighted by molar-refractivity contribution is 4.93. The molecule has 5 heteroatoms. The minimum atomic E-state index is -0.568. The van der Waals surface area contributed by atoms with Crippen LogP contribution in [0.25, 0.3) is 0 Å². The van der Waals surface area contributed by atoms with E-state index in [0.717, 1.165) is 44.5 Å². The van der Waals surface area contributed by atoms with E-state index in [4.69, 9.17) is 0 Å². The number of rotatable bonds is 5. The second kappa shape index (κ2) is 5.60. The van der Waals surface area contributed by atoms with Crippen molar-refractivity contribution in [2.45, 2.75) is 57.7 Å². The van der Waals surface area contributed by atoms with E-state index in [0.29, 0.717) is 6.54 Å². The SMILES string of the molecule is CCNCc1cn(CC2(O)CCCCC2)nn1. The van der Waals surface area contributed by atoms with Crippen molar-refractivity contribution >= 4 is 0 Å². The molecule has 5 nitrogen and oxygen atoms in total. The average Bonchev–Trinajstić information content (AvgIpc) is 2.74. The normalized spacial score (nSPS) is 19.4. The van der Waals surface area contributed by atoms with Gasteiger partial charge in [0.1, 0.15) is 0 Å². The zero-order valence-electron chi connectivity index (χ0n) is 10.5. The Bertz CT molecular complexity index is 344. The van der Waals surface area contributed by atoms with Crippen LogP contribution in [0.1, 0.15) is 44.7 Å². The lowest BCUT2D eigenvalue weighted by atomic mass is 9.85. The number of aromatic nitrogens is 3. The first-order valence-electron chi connectivity index (χ1n) is 6.54. The van der Waals surface area contributed by atoms with Gasteiger partial charge in [-0.15, -0.1) is 5.10 Å². The quantitative estimate of drug-likeness (QED) is 0.806. The number of hydrogen-bond donors (Lipinski definition) is 2. The molecule has 1 aromatic rings. The van der Waals surface area contributed by atoms with Gasteiger partial charge in [0, 0.05) is 12.7 Å². The average molecular weight is 238 g/mol. The maximum Gasteiger partial charge on any atom is 0.0964 e. The van der Waals surface area contributed by atoms with E-state index >= 15 is 0 Å². The maximum atomic E-state index is 10.4. The van der Waals surface area contributed by atoms with E-state index in [1.165, 1.54) is 6.42 Å². The van der Waals surface area contributed by atoms with E-state index in [-0.39, 0.29) is 0 Å². The third-order valence-corrected chi connectivity index (χ3v) is 3.38. The van der Waals surface area contributed by atoms with E-state index in [1.807, 2.05) is 6.20 Å². The fourth-order valence-corrected chi connectivity index (χ4v) is 2.42. The van der Waals surface area contributed by atoms with Gasteiger partial charge >= 0.3 is 0 Å². The Balaban J connectivity index is 1.91. The second-order valence-electron chi connectivity index (χ2n) is 4.97. The summed E-state index contributed by atoms with van der Waals surface area (Å²) in [5, 5.41) is 21.8. The van der Waals surface area contributed by atoms with Gasteiger partial charge in [-0.05, 0) is 19.4 Å². The van der Waals surface area contributed by atoms with Crippen LogP contribution in [0, 0.1) is 0 Å². The van der Waals surface area contributed by atoms with E-state index < -0.39 is 5.60 Å². The second-order valence-corrected chi connectivity index (χ2v) is 4.97. The predicted molar refractivity (Wildman–Crippen MR) is 65.4 cm³/mol. The minimum absolute atomic E-state index is 0.568. The van der Waals surface area contributed by atoms with Crippen LogP contribution in [0.4, 0.5) is 0 Å². The molecule has 1 fully saturated rings. The van der Waals surface area contributed by atoms with Crippen molar-refractivity contribution in [1.82, 2.24) is 20.3 Å². The van der Waals surface area contributed by atoms with Crippen molar-refractivity contribution in [3.05, 3.63) is 11.9 Å². The summed E-state index contributed by atoms with van der Waals surface area (Å²) in [5.41, 5.74) is 0.368. The number of aliphatic hydroxyl groups is 1. The number of nitrogens with one attached hydrogen (secondary N) is 1. The summed E-state index contributed by atoms with van der Waals surface area (Å²) in [6.45, 7) is 4.31. The van der Waals surface area contributed by atoms with Gasteiger partial charge in [0.2, 0.25) is 0 Å². The standard InChI is InChI=1S/C12H22N4O/c1-2-13-8-11-9-16(15-14-11)10-12(17)6-4-3-5-7-12/h9,13,17H,2-8,10H2,1H3. The first-order valence-corrected chi connectivity index (χ1v) is 6.54. The topological polar surface area (TPSA) is 63.0 Å². The molecule has 17 heavy (non-hydrogen) atoms. The monoisotopic (exact) mass is 238 g/mol. The van der Waals surface area contributed by atoms with E-state index in [1.54, 1.807) is 4.68 Å². The van der Waals surface area contributed by atoms with Crippen LogP contribution in [-0.2, 0) is 13.1 Å². The summed E-state index contributed by atoms with van der Waals surface area (Å²) in [7, 11) is 0. The first-order chi connectivity index (χ1) is 8.22. The summed E-state index contributed by atoms with van der Waals surface area (Å²) in [6, 6.07) is 0. The van der Waals surface area contributed by atoms with E-state index in [9.17, 15) is 5.11 Å². The molecule has 1 aliphatic carbocycles. The Morgan fingerprint density at radius 1 is 1.41 bits per heavy atom. The third-order valence-electron chi connectivity index (χ3n) is 3.38. The van der Waals surface area contributed by atoms with E-state index in [2.05, 4.69) is 22.6 Å². The molecule has 0 saturated heterocycles. The number of nitrogens with zero attached hydrogens (tertiary/aromatic N) is 3. The van der Waals surface area contributed by atoms with Crippen molar-refractivity contribution in [3.8, 4) is 0 Å². The molecule has 0 aliphatic heterocycles. The van der Waals surface area contributed by atoms with Gasteiger partial charge in [0.15, 0.2) is 0 Å². The highest BCUT2D eigenvalue weighted by Crippen LogP contribution is 2.29. The lowest BCUT2D eigenvalue weighted by molar-refractivity contribution is -0.0146. The van der Waals surface area contributed by atoms with Gasteiger partial charge in [-0.1, -0.05) is 31.4 Å². The molecule has 0 amide bonds. The lowest BCUT2D eigenvalue weighted by Gasteiger charge is -2.31. The number of hydrogen-bond acceptors (Lipinski definition) is 4. The first kappa shape index (κ1) is 12.5. The zero-order valence-corrected chi connectivity index (χ0v) is 10.5. The Morgan fingerprint density at radius 2 is 2.18 bits per heavy atom. The Kier molecular flexibility index (Phi) is 4.12. The molecule has 1 aromatic heterocycles. The van der Waals surface area contributed by atoms with Gasteiger partial charge in [-0.2, -0.15) is 0 Å². The van der Waals surface area contributed by atoms with Crippen molar-refractivity contribution in [2.24, 2.45) is 0 Å². The van der Waals surface area contributed by atoms with Crippen LogP contribution in [0.3, 0.4) is 0 Å². The van der Waals surface area contributed by atoms with Gasteiger partial charge < -0.3 is 10.4 Å². The molecule has 0 aromatic carbocycles. The largest absolute Gasteiger partial charge is 0.388 e. The van der Waals surface area contributed by atoms with Crippen molar-refractivity contribution < 1.29 is 5.11 Å². The molecule has 1 saturated carbocycles. The maximum absolute atomic E-state index is 10.4. The van der Waals surface area contributed by atoms with Crippen molar-refractivity contribution in [3.63, 3.8) is 0 Å². The summed E-state index contributed by atoms with van der Waals surface area (Å²) in [4.78, 5) is 0. The molecule has 2 rings (SSSR count). The van der Waals surface area contributed by atoms with Crippen molar-refractivity contribution in [1.29, 1.82) is 0 Å². The molecule has 1 aliphatic rings. The Morgan fingerprint density at radius 3 is 2.88 bits per heavy atom. The fraction of sp³-hybridized carbons (Fsp3) is 0.833. The fourth-order valence-electron chi connectivity index (χ4n) is 2.42. The molecule has 0 bridgehead atoms. The Labute approximate surface area is 102 Å². The minimum Gasteiger partial charge on any atom is -0.388 e. The van der Waals surface area contributed by atoms with Gasteiger partial charge in [0.05, 0.1) is 17.8 Å². The highest BCUT2D eigenvalue weighted by atomic mass is 16.3. The van der Waals surface area contributed by atoms with Crippen LogP contribution >= 0.6 is 0 Å². The van der Waals surface area contributed by atoms with Crippen molar-refractivity contribution in [2.75, 3.05) is 6.54 Å². The van der Waals surface area contributed by atoms with Crippen LogP contribution in [0.15, 0.2) is 6.20 Å². The molecule has 0 unspecified atom stereocenters. The summed E-state index contributed by atoms with van der Waals surface area (Å²) >= 11 is 0. The lowest BCUT2D eigenvalue weighted by Crippen LogP contribution is -2.36. The molecule has 0 spiro atoms. The zero-order chi connectivity index (χ0) is 12.1. The van der Waals surface area contributed by atoms with Gasteiger partial charge in [-0.25, -0.2) is 4.68 Å². The molecular weight excluding hydrogens is 216 g/mol. The molecule has 96 valence electrons. The summed E-state index contributed by atoms with van der Waals surface area (Å²) < 4.78 is 1.78. The highest BCUT2D eigenvalue weighted by Gasteiger charge is 2.29. The van der Waals surface area contributed by atoms with Crippen LogP contribution in [0.5, 0.6) is 0 Å². The molecule has 1 heterocycles. The molecule has 0 atom stereocenters. The van der Waals surface area contributed by atoms with Crippen LogP contribution < -0.4 is 5.32 Å². The van der Waals surface area contributed by atoms with Crippen LogP contribution in [-0.4, -0.2) is 32.2 Å². The predicted octanol–water partition coefficient (Wildman–Crippen LogP) is 1.08. The summed E-state index contributed by atoms with van der Waals surface area (Å²) in [6.07, 6.45) is 7.18. The Hall–Kier alpha value is -0.940. The van der Waals surface area contributed by atoms with Crippen LogP contribution in [0.2, 0.25) is 0 Å². The molecular formula is C12H22N4O.